The number of nitrogens with zero attached hydrogens (tertiary/aromatic N) is 3. The van der Waals surface area contributed by atoms with Gasteiger partial charge in [-0.05, 0) is 36.6 Å². The highest BCUT2D eigenvalue weighted by Crippen LogP contribution is 2.31. The minimum absolute atomic E-state index is 0.0241. The molecular weight excluding hydrogens is 394 g/mol. The fourth-order valence-corrected chi connectivity index (χ4v) is 4.20. The number of fused-ring (bicyclic) bond motifs is 2. The molecule has 3 aromatic rings. The number of hydroxylamine groups is 2. The van der Waals surface area contributed by atoms with Gasteiger partial charge >= 0.3 is 6.03 Å². The molecule has 2 atom stereocenters. The van der Waals surface area contributed by atoms with Crippen LogP contribution in [-0.4, -0.2) is 50.7 Å². The molecule has 0 radical (unpaired) electrons. The van der Waals surface area contributed by atoms with Gasteiger partial charge in [0.2, 0.25) is 5.91 Å². The number of nitrogens with one attached hydrogen (secondary N) is 2. The van der Waals surface area contributed by atoms with Crippen molar-refractivity contribution in [2.24, 2.45) is 0 Å². The van der Waals surface area contributed by atoms with Crippen LogP contribution in [0, 0.1) is 0 Å². The van der Waals surface area contributed by atoms with Crippen LogP contribution >= 0.6 is 0 Å². The Balaban J connectivity index is 1.24. The molecule has 3 heterocycles. The van der Waals surface area contributed by atoms with Gasteiger partial charge in [-0.3, -0.25) is 14.7 Å². The predicted octanol–water partition coefficient (Wildman–Crippen LogP) is 3.42. The molecule has 2 aliphatic heterocycles. The van der Waals surface area contributed by atoms with Crippen LogP contribution in [0.25, 0.3) is 11.3 Å². The van der Waals surface area contributed by atoms with Gasteiger partial charge in [-0.2, -0.15) is 10.2 Å². The van der Waals surface area contributed by atoms with Crippen molar-refractivity contribution in [3.8, 4) is 11.3 Å². The van der Waals surface area contributed by atoms with E-state index in [2.05, 4.69) is 15.5 Å². The van der Waals surface area contributed by atoms with Crippen molar-refractivity contribution in [3.63, 3.8) is 0 Å². The third kappa shape index (κ3) is 3.89. The predicted molar refractivity (Wildman–Crippen MR) is 115 cm³/mol. The second kappa shape index (κ2) is 8.23. The van der Waals surface area contributed by atoms with Crippen LogP contribution in [0.3, 0.4) is 0 Å². The maximum atomic E-state index is 13.0. The smallest absolute Gasteiger partial charge is 0.324 e. The highest BCUT2D eigenvalue weighted by Gasteiger charge is 2.47. The number of amides is 3. The number of hydrogen-bond donors (Lipinski definition) is 2. The molecule has 2 fully saturated rings. The monoisotopic (exact) mass is 417 g/mol. The minimum atomic E-state index is -0.509. The number of hydrogen-bond acceptors (Lipinski definition) is 4. The molecule has 3 amide bonds. The summed E-state index contributed by atoms with van der Waals surface area (Å²) in [5, 5.41) is 11.3. The Bertz CT molecular complexity index is 1070. The fourth-order valence-electron chi connectivity index (χ4n) is 4.20. The molecule has 8 nitrogen and oxygen atoms in total. The third-order valence-corrected chi connectivity index (χ3v) is 5.78. The Morgan fingerprint density at radius 3 is 2.81 bits per heavy atom. The van der Waals surface area contributed by atoms with Crippen LogP contribution in [0.15, 0.2) is 66.9 Å². The number of anilines is 1. The van der Waals surface area contributed by atoms with E-state index in [0.717, 1.165) is 23.2 Å². The summed E-state index contributed by atoms with van der Waals surface area (Å²) in [5.41, 5.74) is 3.48. The van der Waals surface area contributed by atoms with Gasteiger partial charge in [-0.15, -0.1) is 0 Å². The molecule has 8 heteroatoms. The number of aromatic nitrogens is 2. The molecule has 2 saturated heterocycles. The summed E-state index contributed by atoms with van der Waals surface area (Å²) in [6, 6.07) is 18.4. The largest absolute Gasteiger partial charge is 0.345 e. The molecule has 0 spiro atoms. The zero-order chi connectivity index (χ0) is 21.2. The molecule has 158 valence electrons. The Hall–Kier alpha value is -3.65. The van der Waals surface area contributed by atoms with Crippen molar-refractivity contribution in [1.29, 1.82) is 0 Å². The molecule has 0 unspecified atom stereocenters. The van der Waals surface area contributed by atoms with Crippen molar-refractivity contribution in [2.45, 2.75) is 31.5 Å². The van der Waals surface area contributed by atoms with Gasteiger partial charge in [0.25, 0.3) is 0 Å². The molecule has 5 rings (SSSR count). The van der Waals surface area contributed by atoms with Crippen molar-refractivity contribution < 1.29 is 14.4 Å². The Labute approximate surface area is 179 Å². The number of benzene rings is 2. The van der Waals surface area contributed by atoms with E-state index in [1.54, 1.807) is 11.1 Å². The number of carbonyl (C=O) groups is 2. The standard InChI is InChI=1S/C23H23N5O3/c29-22(25-18-8-4-7-17(13-18)20-11-12-24-26-20)21-10-9-19-14-27(21)23(30)28(19)31-15-16-5-2-1-3-6-16/h1-8,11-13,19,21H,9-10,14-15H2,(H,24,26)(H,25,29)/t19-,21-/m0/s1. The van der Waals surface area contributed by atoms with E-state index < -0.39 is 6.04 Å². The molecule has 0 saturated carbocycles. The van der Waals surface area contributed by atoms with E-state index >= 15 is 0 Å². The van der Waals surface area contributed by atoms with Gasteiger partial charge in [0, 0.05) is 24.0 Å². The lowest BCUT2D eigenvalue weighted by Gasteiger charge is -2.29. The molecule has 2 aliphatic rings. The lowest BCUT2D eigenvalue weighted by atomic mass is 10.00. The summed E-state index contributed by atoms with van der Waals surface area (Å²) in [4.78, 5) is 33.4. The summed E-state index contributed by atoms with van der Waals surface area (Å²) in [7, 11) is 0. The SMILES string of the molecule is O=C(Nc1cccc(-c2ccn[nH]2)c1)[C@@H]1CC[C@H]2CN1C(=O)N2OCc1ccccc1. The quantitative estimate of drug-likeness (QED) is 0.643. The van der Waals surface area contributed by atoms with Crippen LogP contribution in [-0.2, 0) is 16.2 Å². The first-order chi connectivity index (χ1) is 15.2. The zero-order valence-corrected chi connectivity index (χ0v) is 16.9. The second-order valence-electron chi connectivity index (χ2n) is 7.81. The van der Waals surface area contributed by atoms with Crippen LogP contribution in [0.1, 0.15) is 18.4 Å². The van der Waals surface area contributed by atoms with Gasteiger partial charge in [-0.25, -0.2) is 4.79 Å². The molecule has 2 aromatic carbocycles. The Kier molecular flexibility index (Phi) is 5.13. The third-order valence-electron chi connectivity index (χ3n) is 5.78. The van der Waals surface area contributed by atoms with Gasteiger partial charge in [-0.1, -0.05) is 42.5 Å². The van der Waals surface area contributed by atoms with Gasteiger partial charge < -0.3 is 10.2 Å². The first kappa shape index (κ1) is 19.3. The lowest BCUT2D eigenvalue weighted by Crippen LogP contribution is -2.47. The fraction of sp³-hybridized carbons (Fsp3) is 0.261. The van der Waals surface area contributed by atoms with Gasteiger partial charge in [0.1, 0.15) is 12.6 Å². The number of rotatable bonds is 6. The van der Waals surface area contributed by atoms with E-state index in [4.69, 9.17) is 4.84 Å². The van der Waals surface area contributed by atoms with Crippen molar-refractivity contribution in [1.82, 2.24) is 20.2 Å². The van der Waals surface area contributed by atoms with Crippen LogP contribution in [0.5, 0.6) is 0 Å². The normalized spacial score (nSPS) is 20.2. The average Bonchev–Trinajstić information content (AvgIpc) is 3.42. The summed E-state index contributed by atoms with van der Waals surface area (Å²) < 4.78 is 0. The maximum Gasteiger partial charge on any atom is 0.345 e. The van der Waals surface area contributed by atoms with Crippen LogP contribution in [0.2, 0.25) is 0 Å². The van der Waals surface area contributed by atoms with Crippen LogP contribution in [0.4, 0.5) is 10.5 Å². The van der Waals surface area contributed by atoms with E-state index in [9.17, 15) is 9.59 Å². The number of urea groups is 1. The summed E-state index contributed by atoms with van der Waals surface area (Å²) in [6.45, 7) is 0.827. The second-order valence-corrected chi connectivity index (χ2v) is 7.81. The van der Waals surface area contributed by atoms with E-state index in [-0.39, 0.29) is 18.0 Å². The number of piperidine rings is 1. The van der Waals surface area contributed by atoms with Gasteiger partial charge in [0.15, 0.2) is 0 Å². The van der Waals surface area contributed by atoms with Crippen molar-refractivity contribution in [2.75, 3.05) is 11.9 Å². The maximum absolute atomic E-state index is 13.0. The minimum Gasteiger partial charge on any atom is -0.324 e. The molecule has 1 aromatic heterocycles. The highest BCUT2D eigenvalue weighted by atomic mass is 16.7. The Morgan fingerprint density at radius 2 is 2.00 bits per heavy atom. The topological polar surface area (TPSA) is 90.6 Å². The lowest BCUT2D eigenvalue weighted by molar-refractivity contribution is -0.140. The summed E-state index contributed by atoms with van der Waals surface area (Å²) >= 11 is 0. The summed E-state index contributed by atoms with van der Waals surface area (Å²) in [6.07, 6.45) is 3.01. The number of aromatic amines is 1. The highest BCUT2D eigenvalue weighted by molar-refractivity contribution is 5.98. The Morgan fingerprint density at radius 1 is 1.13 bits per heavy atom. The van der Waals surface area contributed by atoms with E-state index in [1.807, 2.05) is 60.7 Å². The molecule has 2 bridgehead atoms. The molecular formula is C23H23N5O3. The molecule has 2 N–H and O–H groups in total. The summed E-state index contributed by atoms with van der Waals surface area (Å²) in [5.74, 6) is -0.182. The number of carbonyl (C=O) groups excluding carboxylic acids is 2. The first-order valence-corrected chi connectivity index (χ1v) is 10.4. The van der Waals surface area contributed by atoms with Crippen molar-refractivity contribution >= 4 is 17.6 Å². The van der Waals surface area contributed by atoms with Crippen molar-refractivity contribution in [3.05, 3.63) is 72.4 Å². The first-order valence-electron chi connectivity index (χ1n) is 10.4. The average molecular weight is 417 g/mol. The van der Waals surface area contributed by atoms with E-state index in [1.165, 1.54) is 5.06 Å². The molecule has 31 heavy (non-hydrogen) atoms. The molecule has 0 aliphatic carbocycles. The van der Waals surface area contributed by atoms with Crippen LogP contribution < -0.4 is 5.32 Å². The van der Waals surface area contributed by atoms with Gasteiger partial charge in [0.05, 0.1) is 11.7 Å². The zero-order valence-electron chi connectivity index (χ0n) is 16.9. The van der Waals surface area contributed by atoms with E-state index in [0.29, 0.717) is 25.3 Å². The number of H-pyrrole nitrogens is 1.